The Bertz CT molecular complexity index is 4830. The maximum Gasteiger partial charge on any atom is 0.135 e. The normalized spacial score (nSPS) is 11.9. The van der Waals surface area contributed by atoms with E-state index < -0.39 is 0 Å². The van der Waals surface area contributed by atoms with E-state index in [4.69, 9.17) is 8.83 Å². The van der Waals surface area contributed by atoms with E-state index in [0.29, 0.717) is 0 Å². The Morgan fingerprint density at radius 3 is 1.10 bits per heavy atom. The lowest BCUT2D eigenvalue weighted by atomic mass is 9.96. The standard InChI is InChI=1S/C74H48N2O2S2/c1-45-39-47(27-33-63(45)75(51-31-35-69-59(43-51)55-17-5-11-23-67(55)77-69)65-21-9-3-15-53(65)49-29-37-73-61(41-49)57-19-7-13-25-71(57)79-73)48-28-34-64(46(2)40-48)76(52-32-36-70-60(44-52)56-18-6-12-24-68(56)78-70)66-22-10-4-16-54(66)50-30-38-74-62(42-50)58-20-8-14-26-72(58)80-74/h3-44H,1-2H3. The Kier molecular flexibility index (Phi) is 10.7. The van der Waals surface area contributed by atoms with Crippen molar-refractivity contribution in [1.29, 1.82) is 0 Å². The van der Waals surface area contributed by atoms with Gasteiger partial charge in [-0.05, 0) is 169 Å². The number of anilines is 6. The molecule has 0 bridgehead atoms. The summed E-state index contributed by atoms with van der Waals surface area (Å²) in [4.78, 5) is 4.88. The number of hydrogen-bond donors (Lipinski definition) is 0. The van der Waals surface area contributed by atoms with Gasteiger partial charge in [-0.2, -0.15) is 0 Å². The van der Waals surface area contributed by atoms with Crippen molar-refractivity contribution in [3.8, 4) is 33.4 Å². The molecule has 0 saturated carbocycles. The quantitative estimate of drug-likeness (QED) is 0.144. The third-order valence-corrected chi connectivity index (χ3v) is 18.4. The molecule has 0 atom stereocenters. The zero-order valence-corrected chi connectivity index (χ0v) is 45.4. The molecular formula is C74H48N2O2S2. The molecule has 0 aliphatic rings. The molecule has 0 unspecified atom stereocenters. The fourth-order valence-corrected chi connectivity index (χ4v) is 14.5. The number of furan rings is 2. The van der Waals surface area contributed by atoms with Crippen LogP contribution in [0.3, 0.4) is 0 Å². The Labute approximate surface area is 469 Å². The first-order valence-electron chi connectivity index (χ1n) is 27.1. The van der Waals surface area contributed by atoms with E-state index in [1.165, 1.54) is 51.5 Å². The zero-order valence-electron chi connectivity index (χ0n) is 43.8. The minimum Gasteiger partial charge on any atom is -0.456 e. The predicted octanol–water partition coefficient (Wildman–Crippen LogP) is 22.8. The fraction of sp³-hybridized carbons (Fsp3) is 0.0270. The summed E-state index contributed by atoms with van der Waals surface area (Å²) in [7, 11) is 0. The van der Waals surface area contributed by atoms with Crippen LogP contribution in [-0.4, -0.2) is 0 Å². The Hall–Kier alpha value is -9.72. The Balaban J connectivity index is 0.827. The van der Waals surface area contributed by atoms with E-state index in [0.717, 1.165) is 111 Å². The molecule has 0 N–H and O–H groups in total. The second-order valence-corrected chi connectivity index (χ2v) is 23.1. The van der Waals surface area contributed by atoms with Gasteiger partial charge in [0.2, 0.25) is 0 Å². The van der Waals surface area contributed by atoms with Gasteiger partial charge in [-0.3, -0.25) is 0 Å². The molecular weight excluding hydrogens is 1010 g/mol. The number of thiophene rings is 2. The van der Waals surface area contributed by atoms with Gasteiger partial charge in [0, 0.05) is 95.8 Å². The highest BCUT2D eigenvalue weighted by Crippen LogP contribution is 2.49. The van der Waals surface area contributed by atoms with Gasteiger partial charge in [-0.1, -0.05) is 133 Å². The largest absolute Gasteiger partial charge is 0.456 e. The number of nitrogens with zero attached hydrogens (tertiary/aromatic N) is 2. The summed E-state index contributed by atoms with van der Waals surface area (Å²) >= 11 is 3.70. The van der Waals surface area contributed by atoms with Gasteiger partial charge >= 0.3 is 0 Å². The van der Waals surface area contributed by atoms with E-state index in [-0.39, 0.29) is 0 Å². The highest BCUT2D eigenvalue weighted by atomic mass is 32.1. The molecule has 0 aliphatic carbocycles. The molecule has 6 heteroatoms. The highest BCUT2D eigenvalue weighted by Gasteiger charge is 2.24. The molecule has 0 amide bonds. The van der Waals surface area contributed by atoms with Crippen molar-refractivity contribution in [3.05, 3.63) is 266 Å². The average Bonchev–Trinajstić information content (AvgIpc) is 4.32. The first-order valence-corrected chi connectivity index (χ1v) is 28.7. The number of hydrogen-bond acceptors (Lipinski definition) is 6. The second kappa shape index (κ2) is 18.5. The summed E-state index contributed by atoms with van der Waals surface area (Å²) < 4.78 is 18.0. The van der Waals surface area contributed by atoms with Crippen molar-refractivity contribution in [2.75, 3.05) is 9.80 Å². The molecule has 80 heavy (non-hydrogen) atoms. The Morgan fingerprint density at radius 2 is 0.637 bits per heavy atom. The monoisotopic (exact) mass is 1060 g/mol. The highest BCUT2D eigenvalue weighted by molar-refractivity contribution is 7.26. The molecule has 0 radical (unpaired) electrons. The predicted molar refractivity (Wildman–Crippen MR) is 342 cm³/mol. The molecule has 0 saturated heterocycles. The van der Waals surface area contributed by atoms with Crippen molar-refractivity contribution in [1.82, 2.24) is 0 Å². The van der Waals surface area contributed by atoms with Crippen LogP contribution in [0.25, 0.3) is 118 Å². The van der Waals surface area contributed by atoms with Crippen LogP contribution in [0.15, 0.2) is 264 Å². The van der Waals surface area contributed by atoms with Crippen LogP contribution in [-0.2, 0) is 0 Å². The molecule has 0 fully saturated rings. The van der Waals surface area contributed by atoms with Gasteiger partial charge in [-0.15, -0.1) is 22.7 Å². The van der Waals surface area contributed by atoms with Crippen molar-refractivity contribution in [2.45, 2.75) is 13.8 Å². The first-order chi connectivity index (χ1) is 39.5. The fourth-order valence-electron chi connectivity index (χ4n) is 12.3. The molecule has 4 nitrogen and oxygen atoms in total. The van der Waals surface area contributed by atoms with Crippen LogP contribution in [0, 0.1) is 13.8 Å². The summed E-state index contributed by atoms with van der Waals surface area (Å²) in [6.07, 6.45) is 0. The summed E-state index contributed by atoms with van der Waals surface area (Å²) in [6.45, 7) is 4.49. The van der Waals surface area contributed by atoms with Crippen LogP contribution in [0.4, 0.5) is 34.1 Å². The first kappa shape index (κ1) is 46.4. The van der Waals surface area contributed by atoms with Gasteiger partial charge in [0.15, 0.2) is 0 Å². The summed E-state index contributed by atoms with van der Waals surface area (Å²) in [5.74, 6) is 0. The molecule has 0 spiro atoms. The van der Waals surface area contributed by atoms with Gasteiger partial charge in [0.25, 0.3) is 0 Å². The maximum atomic E-state index is 6.39. The van der Waals surface area contributed by atoms with Crippen LogP contribution < -0.4 is 9.80 Å². The van der Waals surface area contributed by atoms with Gasteiger partial charge in [0.05, 0.1) is 11.4 Å². The number of aryl methyl sites for hydroxylation is 2. The van der Waals surface area contributed by atoms with Gasteiger partial charge < -0.3 is 18.6 Å². The molecule has 4 aromatic heterocycles. The topological polar surface area (TPSA) is 32.8 Å². The number of fused-ring (bicyclic) bond motifs is 12. The minimum absolute atomic E-state index is 0.870. The lowest BCUT2D eigenvalue weighted by molar-refractivity contribution is 0.668. The van der Waals surface area contributed by atoms with Crippen molar-refractivity contribution in [3.63, 3.8) is 0 Å². The summed E-state index contributed by atoms with van der Waals surface area (Å²) in [5, 5.41) is 9.52. The third kappa shape index (κ3) is 7.55. The molecule has 378 valence electrons. The minimum atomic E-state index is 0.870. The van der Waals surface area contributed by atoms with E-state index in [1.807, 2.05) is 34.8 Å². The molecule has 16 rings (SSSR count). The van der Waals surface area contributed by atoms with E-state index in [9.17, 15) is 0 Å². The van der Waals surface area contributed by atoms with Crippen LogP contribution >= 0.6 is 22.7 Å². The zero-order chi connectivity index (χ0) is 53.0. The lowest BCUT2D eigenvalue weighted by Gasteiger charge is -2.30. The van der Waals surface area contributed by atoms with Crippen LogP contribution in [0.1, 0.15) is 11.1 Å². The number of rotatable bonds is 9. The second-order valence-electron chi connectivity index (χ2n) is 20.9. The van der Waals surface area contributed by atoms with Gasteiger partial charge in [0.1, 0.15) is 22.3 Å². The number of para-hydroxylation sites is 4. The maximum absolute atomic E-state index is 6.39. The Morgan fingerprint density at radius 1 is 0.263 bits per heavy atom. The third-order valence-electron chi connectivity index (χ3n) is 16.1. The van der Waals surface area contributed by atoms with Crippen LogP contribution in [0.5, 0.6) is 0 Å². The molecule has 0 aliphatic heterocycles. The average molecular weight is 1060 g/mol. The summed E-state index contributed by atoms with van der Waals surface area (Å²) in [5.41, 5.74) is 19.3. The lowest BCUT2D eigenvalue weighted by Crippen LogP contribution is -2.13. The van der Waals surface area contributed by atoms with E-state index in [2.05, 4.69) is 266 Å². The van der Waals surface area contributed by atoms with Crippen molar-refractivity contribution >= 4 is 141 Å². The van der Waals surface area contributed by atoms with E-state index >= 15 is 0 Å². The summed E-state index contributed by atoms with van der Waals surface area (Å²) in [6, 6.07) is 92.8. The van der Waals surface area contributed by atoms with Crippen LogP contribution in [0.2, 0.25) is 0 Å². The molecule has 16 aromatic rings. The van der Waals surface area contributed by atoms with Crippen molar-refractivity contribution < 1.29 is 8.83 Å². The van der Waals surface area contributed by atoms with Gasteiger partial charge in [-0.25, -0.2) is 0 Å². The smallest absolute Gasteiger partial charge is 0.135 e. The molecule has 12 aromatic carbocycles. The number of benzene rings is 12. The SMILES string of the molecule is Cc1cc(-c2ccc(N(c3ccc4oc5ccccc5c4c3)c3ccccc3-c3ccc4sc5ccccc5c4c3)c(C)c2)ccc1N(c1ccc2oc3ccccc3c2c1)c1ccccc1-c1ccc2sc3ccccc3c2c1. The van der Waals surface area contributed by atoms with Crippen molar-refractivity contribution in [2.24, 2.45) is 0 Å². The van der Waals surface area contributed by atoms with E-state index in [1.54, 1.807) is 0 Å². The molecule has 4 heterocycles.